The van der Waals surface area contributed by atoms with Gasteiger partial charge in [0, 0.05) is 19.2 Å². The Kier molecular flexibility index (Phi) is 3.98. The fourth-order valence-corrected chi connectivity index (χ4v) is 2.29. The third kappa shape index (κ3) is 2.64. The second kappa shape index (κ2) is 5.48. The maximum Gasteiger partial charge on any atom is 0.117 e. The number of hydrogen-bond donors (Lipinski definition) is 1. The highest BCUT2D eigenvalue weighted by Gasteiger charge is 2.28. The molecule has 0 radical (unpaired) electrons. The van der Waals surface area contributed by atoms with Crippen LogP contribution in [0.1, 0.15) is 18.6 Å². The molecule has 2 N–H and O–H groups in total. The van der Waals surface area contributed by atoms with Gasteiger partial charge in [-0.3, -0.25) is 4.90 Å². The SMILES string of the molecule is CN(Cc1ccco1)C(CN)C1CCCO1. The molecule has 0 spiro atoms. The van der Waals surface area contributed by atoms with Crippen molar-refractivity contribution in [3.8, 4) is 0 Å². The lowest BCUT2D eigenvalue weighted by molar-refractivity contribution is 0.0325. The first kappa shape index (κ1) is 11.6. The van der Waals surface area contributed by atoms with Crippen LogP contribution in [0.3, 0.4) is 0 Å². The van der Waals surface area contributed by atoms with Crippen molar-refractivity contribution in [3.63, 3.8) is 0 Å². The Hall–Kier alpha value is -0.840. The zero-order valence-electron chi connectivity index (χ0n) is 9.76. The fourth-order valence-electron chi connectivity index (χ4n) is 2.29. The van der Waals surface area contributed by atoms with Crippen molar-refractivity contribution < 1.29 is 9.15 Å². The number of hydrogen-bond acceptors (Lipinski definition) is 4. The van der Waals surface area contributed by atoms with Gasteiger partial charge in [-0.15, -0.1) is 0 Å². The van der Waals surface area contributed by atoms with Crippen LogP contribution in [0.15, 0.2) is 22.8 Å². The molecule has 4 nitrogen and oxygen atoms in total. The molecule has 1 aromatic rings. The van der Waals surface area contributed by atoms with Gasteiger partial charge in [-0.05, 0) is 32.0 Å². The quantitative estimate of drug-likeness (QED) is 0.817. The topological polar surface area (TPSA) is 51.6 Å². The Morgan fingerprint density at radius 3 is 3.06 bits per heavy atom. The van der Waals surface area contributed by atoms with Gasteiger partial charge in [0.05, 0.1) is 18.9 Å². The molecule has 1 aliphatic rings. The molecule has 1 aliphatic heterocycles. The Labute approximate surface area is 96.4 Å². The summed E-state index contributed by atoms with van der Waals surface area (Å²) in [6, 6.07) is 4.18. The summed E-state index contributed by atoms with van der Waals surface area (Å²) in [4.78, 5) is 2.22. The maximum atomic E-state index is 5.83. The Morgan fingerprint density at radius 1 is 1.62 bits per heavy atom. The van der Waals surface area contributed by atoms with Crippen LogP contribution in [-0.2, 0) is 11.3 Å². The highest BCUT2D eigenvalue weighted by molar-refractivity contribution is 4.98. The van der Waals surface area contributed by atoms with Crippen LogP contribution >= 0.6 is 0 Å². The Balaban J connectivity index is 1.92. The Morgan fingerprint density at radius 2 is 2.50 bits per heavy atom. The number of nitrogens with two attached hydrogens (primary N) is 1. The predicted octanol–water partition coefficient (Wildman–Crippen LogP) is 1.22. The van der Waals surface area contributed by atoms with E-state index in [1.807, 2.05) is 12.1 Å². The number of likely N-dealkylation sites (N-methyl/N-ethyl adjacent to an activating group) is 1. The lowest BCUT2D eigenvalue weighted by atomic mass is 10.1. The van der Waals surface area contributed by atoms with Gasteiger partial charge in [-0.1, -0.05) is 0 Å². The molecule has 2 unspecified atom stereocenters. The molecule has 0 amide bonds. The van der Waals surface area contributed by atoms with Crippen molar-refractivity contribution in [2.24, 2.45) is 5.73 Å². The minimum atomic E-state index is 0.282. The molecule has 4 heteroatoms. The zero-order valence-corrected chi connectivity index (χ0v) is 9.76. The number of rotatable bonds is 5. The molecule has 2 heterocycles. The van der Waals surface area contributed by atoms with E-state index < -0.39 is 0 Å². The monoisotopic (exact) mass is 224 g/mol. The molecule has 1 saturated heterocycles. The molecular formula is C12H20N2O2. The van der Waals surface area contributed by atoms with Crippen LogP contribution in [-0.4, -0.2) is 37.2 Å². The van der Waals surface area contributed by atoms with Gasteiger partial charge < -0.3 is 14.9 Å². The van der Waals surface area contributed by atoms with E-state index in [-0.39, 0.29) is 12.1 Å². The average Bonchev–Trinajstić information content (AvgIpc) is 2.91. The van der Waals surface area contributed by atoms with Crippen molar-refractivity contribution >= 4 is 0 Å². The summed E-state index contributed by atoms with van der Waals surface area (Å²) in [5.74, 6) is 0.971. The van der Waals surface area contributed by atoms with Gasteiger partial charge in [-0.25, -0.2) is 0 Å². The standard InChI is InChI=1S/C12H20N2O2/c1-14(9-10-4-2-6-15-10)11(8-13)12-5-3-7-16-12/h2,4,6,11-12H,3,5,7-9,13H2,1H3. The van der Waals surface area contributed by atoms with E-state index in [2.05, 4.69) is 11.9 Å². The molecule has 0 saturated carbocycles. The molecule has 2 atom stereocenters. The van der Waals surface area contributed by atoms with Crippen LogP contribution in [0.25, 0.3) is 0 Å². The van der Waals surface area contributed by atoms with Crippen LogP contribution in [0, 0.1) is 0 Å². The minimum absolute atomic E-state index is 0.282. The van der Waals surface area contributed by atoms with Gasteiger partial charge in [0.15, 0.2) is 0 Å². The molecule has 0 bridgehead atoms. The van der Waals surface area contributed by atoms with Crippen molar-refractivity contribution in [3.05, 3.63) is 24.2 Å². The molecule has 2 rings (SSSR count). The predicted molar refractivity (Wildman–Crippen MR) is 62.0 cm³/mol. The largest absolute Gasteiger partial charge is 0.468 e. The molecule has 1 aromatic heterocycles. The molecule has 0 aromatic carbocycles. The molecule has 1 fully saturated rings. The second-order valence-electron chi connectivity index (χ2n) is 4.35. The summed E-state index contributed by atoms with van der Waals surface area (Å²) in [6.45, 7) is 2.28. The minimum Gasteiger partial charge on any atom is -0.468 e. The van der Waals surface area contributed by atoms with Crippen molar-refractivity contribution in [1.29, 1.82) is 0 Å². The summed E-state index contributed by atoms with van der Waals surface area (Å²) in [5.41, 5.74) is 5.83. The molecule has 0 aliphatic carbocycles. The van der Waals surface area contributed by atoms with Crippen LogP contribution in [0.5, 0.6) is 0 Å². The summed E-state index contributed by atoms with van der Waals surface area (Å²) in [7, 11) is 2.07. The smallest absolute Gasteiger partial charge is 0.117 e. The molecular weight excluding hydrogens is 204 g/mol. The summed E-state index contributed by atoms with van der Waals surface area (Å²) >= 11 is 0. The summed E-state index contributed by atoms with van der Waals surface area (Å²) < 4.78 is 11.0. The van der Waals surface area contributed by atoms with E-state index in [0.717, 1.165) is 31.8 Å². The van der Waals surface area contributed by atoms with Gasteiger partial charge in [0.2, 0.25) is 0 Å². The zero-order chi connectivity index (χ0) is 11.4. The summed E-state index contributed by atoms with van der Waals surface area (Å²) in [6.07, 6.45) is 4.25. The van der Waals surface area contributed by atoms with E-state index >= 15 is 0 Å². The van der Waals surface area contributed by atoms with E-state index in [1.165, 1.54) is 0 Å². The molecule has 16 heavy (non-hydrogen) atoms. The average molecular weight is 224 g/mol. The number of nitrogens with zero attached hydrogens (tertiary/aromatic N) is 1. The van der Waals surface area contributed by atoms with E-state index in [4.69, 9.17) is 14.9 Å². The van der Waals surface area contributed by atoms with E-state index in [0.29, 0.717) is 6.54 Å². The third-order valence-electron chi connectivity index (χ3n) is 3.19. The maximum absolute atomic E-state index is 5.83. The first-order valence-electron chi connectivity index (χ1n) is 5.85. The first-order valence-corrected chi connectivity index (χ1v) is 5.85. The van der Waals surface area contributed by atoms with E-state index in [9.17, 15) is 0 Å². The first-order chi connectivity index (χ1) is 7.81. The van der Waals surface area contributed by atoms with Crippen molar-refractivity contribution in [1.82, 2.24) is 4.90 Å². The normalized spacial score (nSPS) is 22.8. The van der Waals surface area contributed by atoms with Crippen molar-refractivity contribution in [2.45, 2.75) is 31.5 Å². The fraction of sp³-hybridized carbons (Fsp3) is 0.667. The van der Waals surface area contributed by atoms with Gasteiger partial charge in [-0.2, -0.15) is 0 Å². The second-order valence-corrected chi connectivity index (χ2v) is 4.35. The number of furan rings is 1. The van der Waals surface area contributed by atoms with Gasteiger partial charge in [0.25, 0.3) is 0 Å². The third-order valence-corrected chi connectivity index (χ3v) is 3.19. The lowest BCUT2D eigenvalue weighted by Crippen LogP contribution is -2.45. The van der Waals surface area contributed by atoms with E-state index in [1.54, 1.807) is 6.26 Å². The van der Waals surface area contributed by atoms with Crippen LogP contribution in [0.4, 0.5) is 0 Å². The highest BCUT2D eigenvalue weighted by Crippen LogP contribution is 2.19. The Bertz CT molecular complexity index is 294. The van der Waals surface area contributed by atoms with Crippen LogP contribution < -0.4 is 5.73 Å². The molecule has 90 valence electrons. The number of ether oxygens (including phenoxy) is 1. The van der Waals surface area contributed by atoms with Gasteiger partial charge >= 0.3 is 0 Å². The lowest BCUT2D eigenvalue weighted by Gasteiger charge is -2.30. The van der Waals surface area contributed by atoms with Crippen LogP contribution in [0.2, 0.25) is 0 Å². The van der Waals surface area contributed by atoms with Gasteiger partial charge in [0.1, 0.15) is 5.76 Å². The van der Waals surface area contributed by atoms with Crippen molar-refractivity contribution in [2.75, 3.05) is 20.2 Å². The highest BCUT2D eigenvalue weighted by atomic mass is 16.5. The summed E-state index contributed by atoms with van der Waals surface area (Å²) in [5, 5.41) is 0.